The predicted molar refractivity (Wildman–Crippen MR) is 67.2 cm³/mol. The first-order valence-corrected chi connectivity index (χ1v) is 6.39. The molecule has 0 aromatic carbocycles. The minimum atomic E-state index is 0.870. The van der Waals surface area contributed by atoms with Crippen LogP contribution in [0.3, 0.4) is 0 Å². The fourth-order valence-corrected chi connectivity index (χ4v) is 1.84. The number of unbranched alkanes of at least 4 members (excludes halogenated alkanes) is 1. The summed E-state index contributed by atoms with van der Waals surface area (Å²) >= 11 is 0. The summed E-state index contributed by atoms with van der Waals surface area (Å²) in [4.78, 5) is 2.61. The van der Waals surface area contributed by atoms with Crippen molar-refractivity contribution in [2.75, 3.05) is 26.2 Å². The number of hydrogen-bond donors (Lipinski definition) is 1. The van der Waals surface area contributed by atoms with E-state index in [1.807, 2.05) is 0 Å². The first-order chi connectivity index (χ1) is 7.27. The summed E-state index contributed by atoms with van der Waals surface area (Å²) in [6.07, 6.45) is 5.42. The summed E-state index contributed by atoms with van der Waals surface area (Å²) in [5.74, 6) is 0. The molecule has 0 amide bonds. The van der Waals surface area contributed by atoms with Crippen LogP contribution < -0.4 is 5.32 Å². The molecule has 0 spiro atoms. The molecule has 1 fully saturated rings. The van der Waals surface area contributed by atoms with E-state index in [0.717, 1.165) is 25.7 Å². The average molecular weight is 210 g/mol. The molecular formula is C13H26N2. The van der Waals surface area contributed by atoms with Gasteiger partial charge in [-0.05, 0) is 37.9 Å². The van der Waals surface area contributed by atoms with Gasteiger partial charge >= 0.3 is 0 Å². The van der Waals surface area contributed by atoms with Crippen LogP contribution in [0.15, 0.2) is 12.2 Å². The Hall–Kier alpha value is -0.340. The molecular weight excluding hydrogens is 184 g/mol. The topological polar surface area (TPSA) is 15.3 Å². The Morgan fingerprint density at radius 1 is 1.40 bits per heavy atom. The van der Waals surface area contributed by atoms with Gasteiger partial charge in [0, 0.05) is 19.1 Å². The zero-order chi connectivity index (χ0) is 11.1. The van der Waals surface area contributed by atoms with Crippen molar-refractivity contribution in [2.24, 2.45) is 0 Å². The third-order valence-electron chi connectivity index (χ3n) is 2.91. The average Bonchev–Trinajstić information content (AvgIpc) is 3.04. The largest absolute Gasteiger partial charge is 0.313 e. The van der Waals surface area contributed by atoms with Crippen LogP contribution in [0.4, 0.5) is 0 Å². The molecule has 0 bridgehead atoms. The maximum absolute atomic E-state index is 4.15. The number of likely N-dealkylation sites (N-methyl/N-ethyl adjacent to an activating group) is 1. The van der Waals surface area contributed by atoms with Gasteiger partial charge < -0.3 is 5.32 Å². The lowest BCUT2D eigenvalue weighted by atomic mass is 10.2. The number of hydrogen-bond acceptors (Lipinski definition) is 2. The maximum atomic E-state index is 4.15. The lowest BCUT2D eigenvalue weighted by Crippen LogP contribution is -2.31. The molecule has 1 N–H and O–H groups in total. The van der Waals surface area contributed by atoms with Crippen LogP contribution in [0.25, 0.3) is 0 Å². The number of nitrogens with zero attached hydrogens (tertiary/aromatic N) is 1. The van der Waals surface area contributed by atoms with E-state index < -0.39 is 0 Å². The van der Waals surface area contributed by atoms with Gasteiger partial charge in [0.1, 0.15) is 0 Å². The third kappa shape index (κ3) is 5.33. The van der Waals surface area contributed by atoms with Crippen molar-refractivity contribution in [3.63, 3.8) is 0 Å². The standard InChI is InChI=1S/C13H26N2/c1-4-6-9-15(13-7-8-13)11-12(3)10-14-5-2/h13-14H,3-11H2,1-2H3. The highest BCUT2D eigenvalue weighted by molar-refractivity contribution is 5.02. The van der Waals surface area contributed by atoms with Gasteiger partial charge in [-0.25, -0.2) is 0 Å². The Bertz CT molecular complexity index is 185. The van der Waals surface area contributed by atoms with E-state index in [0.29, 0.717) is 0 Å². The molecule has 0 saturated heterocycles. The molecule has 15 heavy (non-hydrogen) atoms. The van der Waals surface area contributed by atoms with Crippen molar-refractivity contribution < 1.29 is 0 Å². The fraction of sp³-hybridized carbons (Fsp3) is 0.846. The van der Waals surface area contributed by atoms with Gasteiger partial charge in [-0.15, -0.1) is 0 Å². The summed E-state index contributed by atoms with van der Waals surface area (Å²) in [5, 5.41) is 3.34. The fourth-order valence-electron chi connectivity index (χ4n) is 1.84. The predicted octanol–water partition coefficient (Wildman–Crippen LogP) is 2.42. The Kier molecular flexibility index (Phi) is 5.96. The molecule has 1 rings (SSSR count). The molecule has 2 heteroatoms. The normalized spacial score (nSPS) is 15.9. The van der Waals surface area contributed by atoms with E-state index in [2.05, 4.69) is 30.6 Å². The third-order valence-corrected chi connectivity index (χ3v) is 2.91. The van der Waals surface area contributed by atoms with Gasteiger partial charge in [0.25, 0.3) is 0 Å². The molecule has 1 saturated carbocycles. The van der Waals surface area contributed by atoms with E-state index in [9.17, 15) is 0 Å². The van der Waals surface area contributed by atoms with Crippen molar-refractivity contribution >= 4 is 0 Å². The SMILES string of the molecule is C=C(CNCC)CN(CCCC)C1CC1. The van der Waals surface area contributed by atoms with Crippen molar-refractivity contribution in [1.29, 1.82) is 0 Å². The van der Waals surface area contributed by atoms with E-state index in [4.69, 9.17) is 0 Å². The molecule has 0 aromatic rings. The summed E-state index contributed by atoms with van der Waals surface area (Å²) in [6, 6.07) is 0.870. The van der Waals surface area contributed by atoms with Crippen LogP contribution in [-0.4, -0.2) is 37.1 Å². The van der Waals surface area contributed by atoms with E-state index in [1.165, 1.54) is 37.8 Å². The second-order valence-corrected chi connectivity index (χ2v) is 4.59. The van der Waals surface area contributed by atoms with E-state index in [1.54, 1.807) is 0 Å². The molecule has 1 aliphatic carbocycles. The molecule has 0 aliphatic heterocycles. The van der Waals surface area contributed by atoms with Crippen LogP contribution in [0.1, 0.15) is 39.5 Å². The Morgan fingerprint density at radius 3 is 2.67 bits per heavy atom. The van der Waals surface area contributed by atoms with Gasteiger partial charge in [-0.1, -0.05) is 26.8 Å². The minimum absolute atomic E-state index is 0.870. The lowest BCUT2D eigenvalue weighted by molar-refractivity contribution is 0.279. The second-order valence-electron chi connectivity index (χ2n) is 4.59. The summed E-state index contributed by atoms with van der Waals surface area (Å²) in [5.41, 5.74) is 1.33. The zero-order valence-corrected chi connectivity index (χ0v) is 10.4. The van der Waals surface area contributed by atoms with Crippen molar-refractivity contribution in [3.05, 3.63) is 12.2 Å². The van der Waals surface area contributed by atoms with E-state index >= 15 is 0 Å². The first-order valence-electron chi connectivity index (χ1n) is 6.39. The molecule has 0 radical (unpaired) electrons. The Balaban J connectivity index is 2.20. The molecule has 88 valence electrons. The van der Waals surface area contributed by atoms with Crippen LogP contribution in [0, 0.1) is 0 Å². The summed E-state index contributed by atoms with van der Waals surface area (Å²) < 4.78 is 0. The Morgan fingerprint density at radius 2 is 2.13 bits per heavy atom. The van der Waals surface area contributed by atoms with Crippen LogP contribution in [0.2, 0.25) is 0 Å². The highest BCUT2D eigenvalue weighted by atomic mass is 15.2. The minimum Gasteiger partial charge on any atom is -0.313 e. The Labute approximate surface area is 94.7 Å². The first kappa shape index (κ1) is 12.7. The van der Waals surface area contributed by atoms with Gasteiger partial charge in [-0.2, -0.15) is 0 Å². The second kappa shape index (κ2) is 7.02. The highest BCUT2D eigenvalue weighted by Gasteiger charge is 2.28. The van der Waals surface area contributed by atoms with E-state index in [-0.39, 0.29) is 0 Å². The molecule has 2 nitrogen and oxygen atoms in total. The molecule has 0 unspecified atom stereocenters. The molecule has 0 atom stereocenters. The molecule has 0 aromatic heterocycles. The number of nitrogens with one attached hydrogen (secondary N) is 1. The highest BCUT2D eigenvalue weighted by Crippen LogP contribution is 2.27. The summed E-state index contributed by atoms with van der Waals surface area (Å²) in [6.45, 7) is 12.9. The molecule has 0 heterocycles. The van der Waals surface area contributed by atoms with Crippen LogP contribution >= 0.6 is 0 Å². The smallest absolute Gasteiger partial charge is 0.0205 e. The van der Waals surface area contributed by atoms with Gasteiger partial charge in [0.05, 0.1) is 0 Å². The van der Waals surface area contributed by atoms with Gasteiger partial charge in [0.2, 0.25) is 0 Å². The van der Waals surface area contributed by atoms with Gasteiger partial charge in [-0.3, -0.25) is 4.90 Å². The number of rotatable bonds is 9. The summed E-state index contributed by atoms with van der Waals surface area (Å²) in [7, 11) is 0. The van der Waals surface area contributed by atoms with Crippen molar-refractivity contribution in [1.82, 2.24) is 10.2 Å². The van der Waals surface area contributed by atoms with Crippen molar-refractivity contribution in [3.8, 4) is 0 Å². The monoisotopic (exact) mass is 210 g/mol. The van der Waals surface area contributed by atoms with Crippen molar-refractivity contribution in [2.45, 2.75) is 45.6 Å². The van der Waals surface area contributed by atoms with Crippen LogP contribution in [-0.2, 0) is 0 Å². The maximum Gasteiger partial charge on any atom is 0.0205 e. The van der Waals surface area contributed by atoms with Crippen LogP contribution in [0.5, 0.6) is 0 Å². The molecule has 1 aliphatic rings. The lowest BCUT2D eigenvalue weighted by Gasteiger charge is -2.23. The zero-order valence-electron chi connectivity index (χ0n) is 10.4. The van der Waals surface area contributed by atoms with Gasteiger partial charge in [0.15, 0.2) is 0 Å². The quantitative estimate of drug-likeness (QED) is 0.588.